The standard InChI is InChI=1S/C24H33ClN6S/c1-17-12-18(2)16-31(15-17)22-13-21(30-10-6-3-7-11-30)27-23(28-22)29-24(32)26-14-19-8-4-5-9-20(19)25/h4-5,8-9,13,17-18H,3,6-7,10-12,14-16H2,1-2H3,(H2,26,27,28,29,32). The maximum Gasteiger partial charge on any atom is 0.232 e. The minimum Gasteiger partial charge on any atom is -0.358 e. The van der Waals surface area contributed by atoms with Gasteiger partial charge in [-0.3, -0.25) is 0 Å². The van der Waals surface area contributed by atoms with Gasteiger partial charge in [0.1, 0.15) is 11.6 Å². The molecule has 4 rings (SSSR count). The Labute approximate surface area is 201 Å². The Morgan fingerprint density at radius 2 is 1.69 bits per heavy atom. The third-order valence-corrected chi connectivity index (χ3v) is 6.81. The smallest absolute Gasteiger partial charge is 0.232 e. The molecule has 2 aliphatic heterocycles. The van der Waals surface area contributed by atoms with Gasteiger partial charge in [0.05, 0.1) is 0 Å². The van der Waals surface area contributed by atoms with Crippen LogP contribution in [0.4, 0.5) is 17.6 Å². The van der Waals surface area contributed by atoms with Gasteiger partial charge in [-0.25, -0.2) is 0 Å². The molecule has 0 bridgehead atoms. The zero-order valence-corrected chi connectivity index (χ0v) is 20.6. The van der Waals surface area contributed by atoms with E-state index < -0.39 is 0 Å². The Morgan fingerprint density at radius 3 is 2.38 bits per heavy atom. The van der Waals surface area contributed by atoms with Crippen LogP contribution >= 0.6 is 23.8 Å². The molecule has 6 nitrogen and oxygen atoms in total. The second kappa shape index (κ2) is 10.7. The van der Waals surface area contributed by atoms with Crippen molar-refractivity contribution in [1.82, 2.24) is 15.3 Å². The molecule has 2 aliphatic rings. The van der Waals surface area contributed by atoms with Crippen LogP contribution in [0.25, 0.3) is 0 Å². The Kier molecular flexibility index (Phi) is 7.68. The van der Waals surface area contributed by atoms with Crippen LogP contribution in [-0.4, -0.2) is 41.3 Å². The topological polar surface area (TPSA) is 56.3 Å². The summed E-state index contributed by atoms with van der Waals surface area (Å²) in [5.41, 5.74) is 0.998. The molecule has 2 fully saturated rings. The molecule has 2 unspecified atom stereocenters. The highest BCUT2D eigenvalue weighted by Gasteiger charge is 2.25. The molecule has 1 aromatic carbocycles. The third-order valence-electron chi connectivity index (χ3n) is 6.19. The van der Waals surface area contributed by atoms with Crippen LogP contribution < -0.4 is 20.4 Å². The Balaban J connectivity index is 1.51. The molecule has 8 heteroatoms. The lowest BCUT2D eigenvalue weighted by Crippen LogP contribution is -2.40. The summed E-state index contributed by atoms with van der Waals surface area (Å²) < 4.78 is 0. The van der Waals surface area contributed by atoms with Crippen molar-refractivity contribution >= 4 is 46.5 Å². The van der Waals surface area contributed by atoms with Crippen molar-refractivity contribution in [2.45, 2.75) is 46.1 Å². The Morgan fingerprint density at radius 1 is 1.03 bits per heavy atom. The maximum absolute atomic E-state index is 6.27. The van der Waals surface area contributed by atoms with Crippen LogP contribution in [-0.2, 0) is 6.54 Å². The van der Waals surface area contributed by atoms with Gasteiger partial charge in [-0.05, 0) is 61.4 Å². The fourth-order valence-electron chi connectivity index (χ4n) is 4.74. The summed E-state index contributed by atoms with van der Waals surface area (Å²) in [5, 5.41) is 7.66. The molecule has 0 radical (unpaired) electrons. The van der Waals surface area contributed by atoms with Gasteiger partial charge in [0.25, 0.3) is 0 Å². The van der Waals surface area contributed by atoms with Crippen LogP contribution in [0.2, 0.25) is 5.02 Å². The van der Waals surface area contributed by atoms with E-state index in [0.29, 0.717) is 29.4 Å². The minimum atomic E-state index is 0.493. The fraction of sp³-hybridized carbons (Fsp3) is 0.542. The van der Waals surface area contributed by atoms with Crippen molar-refractivity contribution in [2.24, 2.45) is 11.8 Å². The van der Waals surface area contributed by atoms with Crippen LogP contribution in [0, 0.1) is 11.8 Å². The zero-order valence-electron chi connectivity index (χ0n) is 19.0. The molecule has 2 atom stereocenters. The van der Waals surface area contributed by atoms with Gasteiger partial charge >= 0.3 is 0 Å². The predicted octanol–water partition coefficient (Wildman–Crippen LogP) is 5.09. The second-order valence-electron chi connectivity index (χ2n) is 9.21. The summed E-state index contributed by atoms with van der Waals surface area (Å²) in [7, 11) is 0. The van der Waals surface area contributed by atoms with E-state index in [0.717, 1.165) is 48.4 Å². The van der Waals surface area contributed by atoms with Gasteiger partial charge in [-0.15, -0.1) is 0 Å². The van der Waals surface area contributed by atoms with Crippen LogP contribution in [0.3, 0.4) is 0 Å². The molecular formula is C24H33ClN6S. The largest absolute Gasteiger partial charge is 0.358 e. The number of nitrogens with zero attached hydrogens (tertiary/aromatic N) is 4. The number of hydrogen-bond donors (Lipinski definition) is 2. The SMILES string of the molecule is CC1CC(C)CN(c2cc(N3CCCCC3)nc(NC(=S)NCc3ccccc3Cl)n2)C1. The minimum absolute atomic E-state index is 0.493. The summed E-state index contributed by atoms with van der Waals surface area (Å²) in [5.74, 6) is 3.82. The molecule has 0 aliphatic carbocycles. The van der Waals surface area contributed by atoms with Crippen molar-refractivity contribution in [3.8, 4) is 0 Å². The van der Waals surface area contributed by atoms with Gasteiger partial charge in [0.15, 0.2) is 5.11 Å². The van der Waals surface area contributed by atoms with E-state index in [4.69, 9.17) is 33.8 Å². The normalized spacial score (nSPS) is 21.3. The van der Waals surface area contributed by atoms with Crippen molar-refractivity contribution in [1.29, 1.82) is 0 Å². The van der Waals surface area contributed by atoms with E-state index in [-0.39, 0.29) is 0 Å². The van der Waals surface area contributed by atoms with Crippen LogP contribution in [0.15, 0.2) is 30.3 Å². The van der Waals surface area contributed by atoms with E-state index in [2.05, 4.69) is 40.3 Å². The predicted molar refractivity (Wildman–Crippen MR) is 138 cm³/mol. The van der Waals surface area contributed by atoms with Crippen molar-refractivity contribution in [3.63, 3.8) is 0 Å². The van der Waals surface area contributed by atoms with Gasteiger partial charge < -0.3 is 20.4 Å². The van der Waals surface area contributed by atoms with Crippen LogP contribution in [0.5, 0.6) is 0 Å². The fourth-order valence-corrected chi connectivity index (χ4v) is 5.10. The molecular weight excluding hydrogens is 440 g/mol. The van der Waals surface area contributed by atoms with Gasteiger partial charge in [-0.1, -0.05) is 43.6 Å². The zero-order chi connectivity index (χ0) is 22.5. The summed E-state index contributed by atoms with van der Waals surface area (Å²) >= 11 is 11.8. The van der Waals surface area contributed by atoms with E-state index in [1.807, 2.05) is 24.3 Å². The van der Waals surface area contributed by atoms with Gasteiger partial charge in [-0.2, -0.15) is 9.97 Å². The van der Waals surface area contributed by atoms with Crippen molar-refractivity contribution in [3.05, 3.63) is 40.9 Å². The lowest BCUT2D eigenvalue weighted by Gasteiger charge is -2.36. The second-order valence-corrected chi connectivity index (χ2v) is 10.0. The highest BCUT2D eigenvalue weighted by Crippen LogP contribution is 2.29. The number of rotatable bonds is 5. The molecule has 2 N–H and O–H groups in total. The first-order chi connectivity index (χ1) is 15.5. The average Bonchev–Trinajstić information content (AvgIpc) is 2.78. The molecule has 2 aromatic rings. The Hall–Kier alpha value is -2.12. The molecule has 3 heterocycles. The number of nitrogens with one attached hydrogen (secondary N) is 2. The van der Waals surface area contributed by atoms with Gasteiger partial charge in [0.2, 0.25) is 5.95 Å². The highest BCUT2D eigenvalue weighted by molar-refractivity contribution is 7.80. The van der Waals surface area contributed by atoms with Crippen molar-refractivity contribution in [2.75, 3.05) is 41.3 Å². The summed E-state index contributed by atoms with van der Waals surface area (Å²) in [6, 6.07) is 9.92. The van der Waals surface area contributed by atoms with Crippen molar-refractivity contribution < 1.29 is 0 Å². The van der Waals surface area contributed by atoms with E-state index in [9.17, 15) is 0 Å². The molecule has 2 saturated heterocycles. The first kappa shape index (κ1) is 23.1. The third kappa shape index (κ3) is 6.01. The first-order valence-corrected chi connectivity index (χ1v) is 12.4. The maximum atomic E-state index is 6.27. The van der Waals surface area contributed by atoms with E-state index >= 15 is 0 Å². The number of piperidine rings is 2. The van der Waals surface area contributed by atoms with E-state index in [1.165, 1.54) is 25.7 Å². The highest BCUT2D eigenvalue weighted by atomic mass is 35.5. The molecule has 0 spiro atoms. The molecule has 32 heavy (non-hydrogen) atoms. The number of halogens is 1. The molecule has 0 amide bonds. The molecule has 172 valence electrons. The first-order valence-electron chi connectivity index (χ1n) is 11.6. The monoisotopic (exact) mass is 472 g/mol. The molecule has 1 aromatic heterocycles. The number of anilines is 3. The molecule has 0 saturated carbocycles. The lowest BCUT2D eigenvalue weighted by atomic mass is 9.92. The summed E-state index contributed by atoms with van der Waals surface area (Å²) in [6.07, 6.45) is 4.97. The lowest BCUT2D eigenvalue weighted by molar-refractivity contribution is 0.355. The quantitative estimate of drug-likeness (QED) is 0.588. The summed E-state index contributed by atoms with van der Waals surface area (Å²) in [4.78, 5) is 14.5. The van der Waals surface area contributed by atoms with Crippen LogP contribution in [0.1, 0.15) is 45.1 Å². The number of thiocarbonyl (C=S) groups is 1. The van der Waals surface area contributed by atoms with E-state index in [1.54, 1.807) is 0 Å². The number of benzene rings is 1. The number of aromatic nitrogens is 2. The average molecular weight is 473 g/mol. The summed E-state index contributed by atoms with van der Waals surface area (Å²) in [6.45, 7) is 9.32. The number of hydrogen-bond acceptors (Lipinski definition) is 5. The Bertz CT molecular complexity index is 922. The van der Waals surface area contributed by atoms with Gasteiger partial charge in [0, 0.05) is 43.8 Å².